The Morgan fingerprint density at radius 1 is 1.25 bits per heavy atom. The second kappa shape index (κ2) is 7.07. The van der Waals surface area contributed by atoms with Crippen LogP contribution in [0.4, 0.5) is 5.69 Å². The van der Waals surface area contributed by atoms with E-state index in [4.69, 9.17) is 30.6 Å². The van der Waals surface area contributed by atoms with Crippen molar-refractivity contribution in [2.24, 2.45) is 0 Å². The van der Waals surface area contributed by atoms with Gasteiger partial charge in [-0.25, -0.2) is 0 Å². The molecule has 0 aliphatic rings. The lowest BCUT2D eigenvalue weighted by Gasteiger charge is -2.12. The van der Waals surface area contributed by atoms with Gasteiger partial charge in [0.1, 0.15) is 12.4 Å². The first-order valence-electron chi connectivity index (χ1n) is 6.12. The van der Waals surface area contributed by atoms with E-state index in [1.165, 1.54) is 0 Å². The Hall–Kier alpha value is -1.85. The summed E-state index contributed by atoms with van der Waals surface area (Å²) in [7, 11) is 1.57. The molecule has 0 atom stereocenters. The van der Waals surface area contributed by atoms with E-state index < -0.39 is 0 Å². The molecule has 0 aliphatic carbocycles. The average Bonchev–Trinajstić information content (AvgIpc) is 2.88. The quantitative estimate of drug-likeness (QED) is 0.822. The van der Waals surface area contributed by atoms with Crippen molar-refractivity contribution in [3.63, 3.8) is 0 Å². The lowest BCUT2D eigenvalue weighted by molar-refractivity contribution is 0.196. The number of aliphatic hydroxyl groups is 1. The van der Waals surface area contributed by atoms with E-state index in [0.29, 0.717) is 23.3 Å². The second-order valence-corrected chi connectivity index (χ2v) is 4.37. The molecule has 0 saturated heterocycles. The summed E-state index contributed by atoms with van der Waals surface area (Å²) in [4.78, 5) is 0. The maximum Gasteiger partial charge on any atom is 0.193 e. The number of rotatable bonds is 7. The molecule has 2 aromatic rings. The Morgan fingerprint density at radius 3 is 2.75 bits per heavy atom. The third-order valence-corrected chi connectivity index (χ3v) is 2.81. The second-order valence-electron chi connectivity index (χ2n) is 4.00. The maximum atomic E-state index is 8.81. The fourth-order valence-electron chi connectivity index (χ4n) is 1.69. The maximum absolute atomic E-state index is 8.81. The van der Waals surface area contributed by atoms with Gasteiger partial charge in [-0.3, -0.25) is 0 Å². The number of hydrogen-bond acceptors (Lipinski definition) is 5. The number of halogens is 1. The van der Waals surface area contributed by atoms with E-state index in [1.807, 2.05) is 12.1 Å². The number of furan rings is 1. The first kappa shape index (κ1) is 14.6. The molecule has 5 nitrogen and oxygen atoms in total. The molecule has 0 radical (unpaired) electrons. The minimum absolute atomic E-state index is 0.0499. The Morgan fingerprint density at radius 2 is 2.10 bits per heavy atom. The molecule has 20 heavy (non-hydrogen) atoms. The number of aliphatic hydroxyl groups excluding tert-OH is 1. The zero-order chi connectivity index (χ0) is 14.4. The van der Waals surface area contributed by atoms with Gasteiger partial charge in [-0.05, 0) is 35.9 Å². The zero-order valence-corrected chi connectivity index (χ0v) is 11.8. The number of hydrogen-bond donors (Lipinski definition) is 2. The van der Waals surface area contributed by atoms with Crippen molar-refractivity contribution < 1.29 is 19.0 Å². The predicted molar refractivity (Wildman–Crippen MR) is 76.6 cm³/mol. The highest BCUT2D eigenvalue weighted by molar-refractivity contribution is 6.28. The molecule has 0 spiro atoms. The third kappa shape index (κ3) is 3.82. The van der Waals surface area contributed by atoms with E-state index in [9.17, 15) is 0 Å². The molecule has 2 rings (SSSR count). The highest BCUT2D eigenvalue weighted by Gasteiger charge is 2.06. The van der Waals surface area contributed by atoms with E-state index in [0.717, 1.165) is 11.4 Å². The van der Waals surface area contributed by atoms with Crippen LogP contribution in [0.1, 0.15) is 5.76 Å². The van der Waals surface area contributed by atoms with Gasteiger partial charge in [-0.2, -0.15) is 0 Å². The molecule has 1 heterocycles. The minimum atomic E-state index is -0.0499. The molecule has 6 heteroatoms. The number of anilines is 1. The molecule has 1 aromatic heterocycles. The Bertz CT molecular complexity index is 556. The minimum Gasteiger partial charge on any atom is -0.493 e. The number of methoxy groups -OCH3 is 1. The van der Waals surface area contributed by atoms with Gasteiger partial charge in [-0.1, -0.05) is 0 Å². The van der Waals surface area contributed by atoms with E-state index >= 15 is 0 Å². The molecular formula is C14H16ClNO4. The van der Waals surface area contributed by atoms with Crippen LogP contribution in [0.3, 0.4) is 0 Å². The molecule has 2 N–H and O–H groups in total. The summed E-state index contributed by atoms with van der Waals surface area (Å²) in [5.41, 5.74) is 0.853. The molecule has 1 aromatic carbocycles. The van der Waals surface area contributed by atoms with E-state index in [2.05, 4.69) is 5.32 Å². The van der Waals surface area contributed by atoms with Gasteiger partial charge in [0.05, 0.1) is 20.3 Å². The van der Waals surface area contributed by atoms with Crippen molar-refractivity contribution >= 4 is 17.3 Å². The summed E-state index contributed by atoms with van der Waals surface area (Å²) in [5.74, 6) is 1.93. The van der Waals surface area contributed by atoms with Crippen LogP contribution in [-0.4, -0.2) is 25.4 Å². The number of ether oxygens (including phenoxy) is 2. The van der Waals surface area contributed by atoms with Crippen LogP contribution in [0, 0.1) is 0 Å². The van der Waals surface area contributed by atoms with Crippen molar-refractivity contribution in [2.45, 2.75) is 6.54 Å². The summed E-state index contributed by atoms with van der Waals surface area (Å²) in [6.45, 7) is 0.678. The van der Waals surface area contributed by atoms with Crippen LogP contribution in [0.25, 0.3) is 0 Å². The molecule has 0 bridgehead atoms. The molecule has 0 fully saturated rings. The first-order valence-corrected chi connectivity index (χ1v) is 6.50. The van der Waals surface area contributed by atoms with Crippen molar-refractivity contribution in [1.29, 1.82) is 0 Å². The van der Waals surface area contributed by atoms with Gasteiger partial charge in [0, 0.05) is 11.8 Å². The Balaban J connectivity index is 2.03. The smallest absolute Gasteiger partial charge is 0.193 e. The van der Waals surface area contributed by atoms with Crippen molar-refractivity contribution in [3.8, 4) is 11.5 Å². The molecule has 108 valence electrons. The van der Waals surface area contributed by atoms with E-state index in [1.54, 1.807) is 25.3 Å². The summed E-state index contributed by atoms with van der Waals surface area (Å²) in [6, 6.07) is 8.97. The van der Waals surface area contributed by atoms with Crippen molar-refractivity contribution in [3.05, 3.63) is 41.3 Å². The molecule has 0 unspecified atom stereocenters. The van der Waals surface area contributed by atoms with Crippen molar-refractivity contribution in [2.75, 3.05) is 25.6 Å². The average molecular weight is 298 g/mol. The van der Waals surface area contributed by atoms with E-state index in [-0.39, 0.29) is 13.2 Å². The van der Waals surface area contributed by atoms with Crippen LogP contribution in [-0.2, 0) is 6.54 Å². The van der Waals surface area contributed by atoms with Gasteiger partial charge in [-0.15, -0.1) is 0 Å². The molecule has 0 saturated carbocycles. The molecular weight excluding hydrogens is 282 g/mol. The predicted octanol–water partition coefficient (Wildman–Crippen LogP) is 2.92. The largest absolute Gasteiger partial charge is 0.493 e. The highest BCUT2D eigenvalue weighted by atomic mass is 35.5. The topological polar surface area (TPSA) is 63.9 Å². The van der Waals surface area contributed by atoms with Crippen LogP contribution >= 0.6 is 11.6 Å². The number of nitrogens with one attached hydrogen (secondary N) is 1. The summed E-state index contributed by atoms with van der Waals surface area (Å²) < 4.78 is 15.9. The number of benzene rings is 1. The fourth-order valence-corrected chi connectivity index (χ4v) is 1.85. The fraction of sp³-hybridized carbons (Fsp3) is 0.286. The Labute approximate surface area is 122 Å². The summed E-state index contributed by atoms with van der Waals surface area (Å²) >= 11 is 5.71. The zero-order valence-electron chi connectivity index (χ0n) is 11.1. The standard InChI is InChI=1S/C14H16ClNO4/c1-18-12-4-2-10(8-13(12)19-7-6-17)16-9-11-3-5-14(15)20-11/h2-5,8,16-17H,6-7,9H2,1H3. The van der Waals surface area contributed by atoms with Crippen LogP contribution in [0.15, 0.2) is 34.7 Å². The van der Waals surface area contributed by atoms with Crippen LogP contribution in [0.5, 0.6) is 11.5 Å². The Kier molecular flexibility index (Phi) is 5.15. The SMILES string of the molecule is COc1ccc(NCc2ccc(Cl)o2)cc1OCCO. The van der Waals surface area contributed by atoms with Gasteiger partial charge in [0.15, 0.2) is 16.7 Å². The highest BCUT2D eigenvalue weighted by Crippen LogP contribution is 2.30. The van der Waals surface area contributed by atoms with Gasteiger partial charge in [0.2, 0.25) is 0 Å². The first-order chi connectivity index (χ1) is 9.72. The van der Waals surface area contributed by atoms with Gasteiger partial charge >= 0.3 is 0 Å². The van der Waals surface area contributed by atoms with Crippen LogP contribution < -0.4 is 14.8 Å². The molecule has 0 amide bonds. The normalized spacial score (nSPS) is 10.3. The van der Waals surface area contributed by atoms with Crippen molar-refractivity contribution in [1.82, 2.24) is 0 Å². The van der Waals surface area contributed by atoms with Gasteiger partial charge < -0.3 is 24.3 Å². The van der Waals surface area contributed by atoms with Gasteiger partial charge in [0.25, 0.3) is 0 Å². The lowest BCUT2D eigenvalue weighted by Crippen LogP contribution is -2.04. The lowest BCUT2D eigenvalue weighted by atomic mass is 10.2. The molecule has 0 aliphatic heterocycles. The monoisotopic (exact) mass is 297 g/mol. The summed E-state index contributed by atoms with van der Waals surface area (Å²) in [5, 5.41) is 12.4. The van der Waals surface area contributed by atoms with Crippen LogP contribution in [0.2, 0.25) is 5.22 Å². The summed E-state index contributed by atoms with van der Waals surface area (Å²) in [6.07, 6.45) is 0. The third-order valence-electron chi connectivity index (χ3n) is 2.61.